The number of alkyl halides is 2. The predicted octanol–water partition coefficient (Wildman–Crippen LogP) is 3.11. The van der Waals surface area contributed by atoms with Crippen molar-refractivity contribution in [1.82, 2.24) is 14.6 Å². The molecule has 2 aromatic heterocycles. The highest BCUT2D eigenvalue weighted by Gasteiger charge is 2.58. The molecule has 36 heavy (non-hydrogen) atoms. The number of hydrogen-bond acceptors (Lipinski definition) is 10. The van der Waals surface area contributed by atoms with Gasteiger partial charge in [-0.1, -0.05) is 36.7 Å². The number of halogens is 2. The van der Waals surface area contributed by atoms with Gasteiger partial charge in [0.2, 0.25) is 11.1 Å². The van der Waals surface area contributed by atoms with Crippen LogP contribution in [-0.4, -0.2) is 55.6 Å². The number of benzene rings is 1. The zero-order chi connectivity index (χ0) is 26.3. The molecule has 0 bridgehead atoms. The molecule has 0 aliphatic carbocycles. The van der Waals surface area contributed by atoms with E-state index in [-0.39, 0.29) is 35.2 Å². The molecule has 0 saturated carbocycles. The highest BCUT2D eigenvalue weighted by molar-refractivity contribution is 7.54. The zero-order valence-electron chi connectivity index (χ0n) is 19.5. The molecule has 4 rings (SSSR count). The summed E-state index contributed by atoms with van der Waals surface area (Å²) in [6, 6.07) is 11.3. The fourth-order valence-electron chi connectivity index (χ4n) is 3.80. The van der Waals surface area contributed by atoms with Crippen molar-refractivity contribution in [3.8, 4) is 5.75 Å². The van der Waals surface area contributed by atoms with Crippen LogP contribution in [0.15, 0.2) is 42.5 Å². The average molecular weight is 542 g/mol. The van der Waals surface area contributed by atoms with Gasteiger partial charge in [-0.25, -0.2) is 13.5 Å². The third kappa shape index (κ3) is 5.18. The van der Waals surface area contributed by atoms with E-state index in [0.29, 0.717) is 5.52 Å². The number of ketones is 1. The first-order chi connectivity index (χ1) is 16.9. The first kappa shape index (κ1) is 26.3. The van der Waals surface area contributed by atoms with Gasteiger partial charge in [-0.2, -0.15) is 4.98 Å². The van der Waals surface area contributed by atoms with Crippen molar-refractivity contribution in [2.24, 2.45) is 5.92 Å². The zero-order valence-corrected chi connectivity index (χ0v) is 21.1. The van der Waals surface area contributed by atoms with Crippen molar-refractivity contribution < 1.29 is 32.6 Å². The van der Waals surface area contributed by atoms with E-state index in [4.69, 9.17) is 36.9 Å². The van der Waals surface area contributed by atoms with Gasteiger partial charge in [-0.3, -0.25) is 9.32 Å². The van der Waals surface area contributed by atoms with E-state index in [1.807, 2.05) is 0 Å². The van der Waals surface area contributed by atoms with Crippen LogP contribution in [-0.2, 0) is 18.6 Å². The second kappa shape index (κ2) is 9.95. The van der Waals surface area contributed by atoms with Crippen molar-refractivity contribution in [3.63, 3.8) is 0 Å². The van der Waals surface area contributed by atoms with Crippen LogP contribution in [0.4, 0.5) is 16.2 Å². The largest absolute Gasteiger partial charge is 0.424 e. The molecule has 0 spiro atoms. The molecule has 3 heterocycles. The minimum Gasteiger partial charge on any atom is -0.424 e. The van der Waals surface area contributed by atoms with Crippen LogP contribution in [0.25, 0.3) is 5.52 Å². The fraction of sp³-hybridized carbons (Fsp3) is 0.409. The lowest BCUT2D eigenvalue weighted by Gasteiger charge is -2.24. The normalized spacial score (nSPS) is 26.5. The van der Waals surface area contributed by atoms with Gasteiger partial charge < -0.3 is 25.8 Å². The Balaban J connectivity index is 1.57. The SMILES string of the molecule is CC(=O)[C@H](C)CP(=O)(OC[C@H]1O[C@@H](c2ccc3c(N)nc(N)nn23)[C@@](F)(Cl)C1O)Oc1ccccc1. The number of aliphatic hydroxyl groups excluding tert-OH is 1. The van der Waals surface area contributed by atoms with Crippen LogP contribution in [0, 0.1) is 5.92 Å². The van der Waals surface area contributed by atoms with E-state index < -0.39 is 43.6 Å². The second-order valence-electron chi connectivity index (χ2n) is 8.59. The molecule has 3 aromatic rings. The van der Waals surface area contributed by atoms with Gasteiger partial charge in [0.1, 0.15) is 29.3 Å². The Kier molecular flexibility index (Phi) is 7.27. The highest BCUT2D eigenvalue weighted by atomic mass is 35.5. The number of carbonyl (C=O) groups is 1. The molecule has 11 nitrogen and oxygen atoms in total. The van der Waals surface area contributed by atoms with Gasteiger partial charge in [0.15, 0.2) is 11.9 Å². The second-order valence-corrected chi connectivity index (χ2v) is 11.2. The summed E-state index contributed by atoms with van der Waals surface area (Å²) >= 11 is 6.09. The number of ether oxygens (including phenoxy) is 1. The van der Waals surface area contributed by atoms with Crippen LogP contribution in [0.2, 0.25) is 0 Å². The van der Waals surface area contributed by atoms with E-state index in [2.05, 4.69) is 10.1 Å². The number of nitrogens with zero attached hydrogens (tertiary/aromatic N) is 3. The third-order valence-corrected chi connectivity index (χ3v) is 8.32. The Morgan fingerprint density at radius 1 is 1.33 bits per heavy atom. The number of aliphatic hydroxyl groups is 1. The number of Topliss-reactive ketones (excluding diaryl/α,β-unsaturated/α-hetero) is 1. The van der Waals surface area contributed by atoms with E-state index in [0.717, 1.165) is 0 Å². The molecule has 194 valence electrons. The first-order valence-electron chi connectivity index (χ1n) is 11.0. The number of carbonyl (C=O) groups excluding carboxylic acids is 1. The number of hydrogen-bond donors (Lipinski definition) is 3. The molecule has 14 heteroatoms. The maximum atomic E-state index is 15.6. The van der Waals surface area contributed by atoms with Gasteiger partial charge in [0.05, 0.1) is 18.5 Å². The molecule has 1 fully saturated rings. The number of nitrogens with two attached hydrogens (primary N) is 2. The summed E-state index contributed by atoms with van der Waals surface area (Å²) in [5.41, 5.74) is 12.0. The van der Waals surface area contributed by atoms with Crippen molar-refractivity contribution in [2.75, 3.05) is 24.2 Å². The maximum Gasteiger partial charge on any atom is 0.379 e. The lowest BCUT2D eigenvalue weighted by atomic mass is 10.1. The number of aromatic nitrogens is 3. The van der Waals surface area contributed by atoms with Gasteiger partial charge in [-0.05, 0) is 31.2 Å². The summed E-state index contributed by atoms with van der Waals surface area (Å²) in [5.74, 6) is -0.693. The topological polar surface area (TPSA) is 164 Å². The number of fused-ring (bicyclic) bond motifs is 1. The van der Waals surface area contributed by atoms with E-state index >= 15 is 4.39 Å². The minimum atomic E-state index is -3.94. The Morgan fingerprint density at radius 3 is 2.69 bits per heavy atom. The molecule has 1 saturated heterocycles. The molecular formula is C22H26ClFN5O6P. The Hall–Kier alpha value is -2.76. The van der Waals surface area contributed by atoms with Crippen molar-refractivity contribution in [1.29, 1.82) is 0 Å². The third-order valence-electron chi connectivity index (χ3n) is 5.87. The van der Waals surface area contributed by atoms with Crippen molar-refractivity contribution in [2.45, 2.75) is 37.3 Å². The van der Waals surface area contributed by atoms with Gasteiger partial charge in [-0.15, -0.1) is 5.10 Å². The summed E-state index contributed by atoms with van der Waals surface area (Å²) < 4.78 is 47.3. The van der Waals surface area contributed by atoms with Gasteiger partial charge >= 0.3 is 7.60 Å². The van der Waals surface area contributed by atoms with Crippen LogP contribution < -0.4 is 16.0 Å². The molecular weight excluding hydrogens is 516 g/mol. The number of anilines is 2. The summed E-state index contributed by atoms with van der Waals surface area (Å²) in [4.78, 5) is 15.7. The smallest absolute Gasteiger partial charge is 0.379 e. The van der Waals surface area contributed by atoms with E-state index in [9.17, 15) is 14.5 Å². The predicted molar refractivity (Wildman–Crippen MR) is 130 cm³/mol. The van der Waals surface area contributed by atoms with E-state index in [1.165, 1.54) is 23.6 Å². The Bertz CT molecular complexity index is 1310. The molecule has 6 atom stereocenters. The summed E-state index contributed by atoms with van der Waals surface area (Å²) in [6.45, 7) is 2.42. The van der Waals surface area contributed by atoms with Crippen LogP contribution >= 0.6 is 19.2 Å². The fourth-order valence-corrected chi connectivity index (χ4v) is 6.08. The van der Waals surface area contributed by atoms with Gasteiger partial charge in [0, 0.05) is 5.92 Å². The highest BCUT2D eigenvalue weighted by Crippen LogP contribution is 2.52. The number of nitrogen functional groups attached to an aromatic ring is 2. The van der Waals surface area contributed by atoms with Crippen molar-refractivity contribution in [3.05, 3.63) is 48.2 Å². The molecule has 1 aromatic carbocycles. The average Bonchev–Trinajstić information content (AvgIpc) is 3.31. The molecule has 0 amide bonds. The standard InChI is InChI=1S/C22H26ClFN5O6P/c1-12(13(2)30)11-36(32,35-14-6-4-3-5-7-14)33-10-17-18(31)22(23,24)19(34-17)15-8-9-16-20(25)27-21(26)28-29(15)16/h3-9,12,17-19,31H,10-11H2,1-2H3,(H4,25,26,27,28)/t12-,17-,18?,19+,22-,36?/m1/s1. The van der Waals surface area contributed by atoms with E-state index in [1.54, 1.807) is 37.3 Å². The van der Waals surface area contributed by atoms with Gasteiger partial charge in [0.25, 0.3) is 0 Å². The summed E-state index contributed by atoms with van der Waals surface area (Å²) in [5, 5.41) is 11.9. The van der Waals surface area contributed by atoms with Crippen LogP contribution in [0.3, 0.4) is 0 Å². The lowest BCUT2D eigenvalue weighted by Crippen LogP contribution is -2.38. The number of rotatable bonds is 9. The first-order valence-corrected chi connectivity index (χ1v) is 13.1. The molecule has 1 aliphatic rings. The lowest BCUT2D eigenvalue weighted by molar-refractivity contribution is -0.119. The number of para-hydroxylation sites is 1. The minimum absolute atomic E-state index is 0.0600. The molecule has 2 unspecified atom stereocenters. The van der Waals surface area contributed by atoms with Crippen LogP contribution in [0.5, 0.6) is 5.75 Å². The maximum absolute atomic E-state index is 15.6. The summed E-state index contributed by atoms with van der Waals surface area (Å²) in [6.07, 6.45) is -4.95. The Morgan fingerprint density at radius 2 is 2.03 bits per heavy atom. The molecule has 5 N–H and O–H groups in total. The van der Waals surface area contributed by atoms with Crippen molar-refractivity contribution >= 4 is 42.3 Å². The Labute approximate surface area is 211 Å². The summed E-state index contributed by atoms with van der Waals surface area (Å²) in [7, 11) is -3.94. The molecule has 1 aliphatic heterocycles. The quantitative estimate of drug-likeness (QED) is 0.271. The molecule has 0 radical (unpaired) electrons. The monoisotopic (exact) mass is 541 g/mol. The van der Waals surface area contributed by atoms with Crippen LogP contribution in [0.1, 0.15) is 25.6 Å².